The van der Waals surface area contributed by atoms with E-state index in [1.807, 2.05) is 0 Å². The topological polar surface area (TPSA) is 67.3 Å². The van der Waals surface area contributed by atoms with E-state index in [-0.39, 0.29) is 5.71 Å². The summed E-state index contributed by atoms with van der Waals surface area (Å²) >= 11 is 0. The first-order valence-corrected chi connectivity index (χ1v) is 2.88. The van der Waals surface area contributed by atoms with E-state index in [2.05, 4.69) is 20.2 Å². The van der Waals surface area contributed by atoms with Crippen molar-refractivity contribution in [1.29, 1.82) is 0 Å². The number of rotatable bonds is 3. The fourth-order valence-electron chi connectivity index (χ4n) is 0.601. The maximum atomic E-state index is 10.2. The van der Waals surface area contributed by atoms with Crippen molar-refractivity contribution >= 4 is 12.0 Å². The van der Waals surface area contributed by atoms with Crippen LogP contribution >= 0.6 is 0 Å². The molecule has 0 atom stereocenters. The van der Waals surface area contributed by atoms with Gasteiger partial charge in [0, 0.05) is 6.20 Å². The Kier molecular flexibility index (Phi) is 2.37. The van der Waals surface area contributed by atoms with E-state index < -0.39 is 0 Å². The van der Waals surface area contributed by atoms with Crippen molar-refractivity contribution in [2.45, 2.75) is 0 Å². The normalized spacial score (nSPS) is 11.2. The molecule has 5 heteroatoms. The first-order chi connectivity index (χ1) is 5.38. The molecule has 1 N–H and O–H groups in total. The van der Waals surface area contributed by atoms with Crippen LogP contribution in [0.1, 0.15) is 5.69 Å². The standard InChI is InChI=1S/C6H6N3O2/c1-11-9-6(4-10)5-2-3-7-8-5/h2-3H,1H3,(H,7,8)/b9-6+. The number of H-pyrrole nitrogens is 1. The van der Waals surface area contributed by atoms with Gasteiger partial charge in [-0.2, -0.15) is 5.10 Å². The van der Waals surface area contributed by atoms with Gasteiger partial charge in [-0.3, -0.25) is 9.89 Å². The van der Waals surface area contributed by atoms with E-state index in [0.717, 1.165) is 0 Å². The number of nitrogens with one attached hydrogen (secondary N) is 1. The Bertz CT molecular complexity index is 253. The zero-order valence-electron chi connectivity index (χ0n) is 5.87. The van der Waals surface area contributed by atoms with Crippen LogP contribution in [-0.2, 0) is 9.63 Å². The summed E-state index contributed by atoms with van der Waals surface area (Å²) in [4.78, 5) is 14.6. The highest BCUT2D eigenvalue weighted by Gasteiger charge is 2.04. The minimum Gasteiger partial charge on any atom is -0.398 e. The van der Waals surface area contributed by atoms with Gasteiger partial charge in [0.05, 0.1) is 0 Å². The molecule has 0 saturated carbocycles. The molecule has 0 bridgehead atoms. The van der Waals surface area contributed by atoms with Crippen molar-refractivity contribution in [3.8, 4) is 0 Å². The molecule has 1 aromatic rings. The number of carbonyl (C=O) groups excluding carboxylic acids is 1. The molecule has 0 aromatic carbocycles. The molecule has 57 valence electrons. The third kappa shape index (κ3) is 1.64. The molecular weight excluding hydrogens is 146 g/mol. The van der Waals surface area contributed by atoms with Gasteiger partial charge in [0.15, 0.2) is 5.71 Å². The Labute approximate surface area is 63.0 Å². The van der Waals surface area contributed by atoms with Crippen molar-refractivity contribution in [2.24, 2.45) is 5.16 Å². The van der Waals surface area contributed by atoms with Crippen LogP contribution in [0.5, 0.6) is 0 Å². The largest absolute Gasteiger partial charge is 0.398 e. The monoisotopic (exact) mass is 152 g/mol. The van der Waals surface area contributed by atoms with Crippen LogP contribution in [0.25, 0.3) is 0 Å². The predicted octanol–water partition coefficient (Wildman–Crippen LogP) is -0.130. The molecule has 0 spiro atoms. The van der Waals surface area contributed by atoms with Gasteiger partial charge in [0.25, 0.3) is 6.29 Å². The second-order valence-corrected chi connectivity index (χ2v) is 1.68. The van der Waals surface area contributed by atoms with Crippen LogP contribution in [0, 0.1) is 0 Å². The summed E-state index contributed by atoms with van der Waals surface area (Å²) in [6, 6.07) is 1.60. The Balaban J connectivity index is 2.88. The van der Waals surface area contributed by atoms with E-state index in [1.54, 1.807) is 18.5 Å². The van der Waals surface area contributed by atoms with Crippen molar-refractivity contribution in [1.82, 2.24) is 10.2 Å². The van der Waals surface area contributed by atoms with E-state index in [9.17, 15) is 4.79 Å². The van der Waals surface area contributed by atoms with Gasteiger partial charge >= 0.3 is 0 Å². The van der Waals surface area contributed by atoms with Crippen LogP contribution in [-0.4, -0.2) is 29.3 Å². The Morgan fingerprint density at radius 2 is 2.73 bits per heavy atom. The van der Waals surface area contributed by atoms with E-state index in [4.69, 9.17) is 0 Å². The molecule has 0 unspecified atom stereocenters. The maximum Gasteiger partial charge on any atom is 0.259 e. The van der Waals surface area contributed by atoms with Crippen LogP contribution in [0.4, 0.5) is 0 Å². The van der Waals surface area contributed by atoms with Crippen molar-refractivity contribution < 1.29 is 9.63 Å². The lowest BCUT2D eigenvalue weighted by molar-refractivity contribution is 0.214. The van der Waals surface area contributed by atoms with Gasteiger partial charge in [-0.1, -0.05) is 5.16 Å². The second-order valence-electron chi connectivity index (χ2n) is 1.68. The molecule has 0 aliphatic rings. The summed E-state index contributed by atoms with van der Waals surface area (Å²) in [5.41, 5.74) is 0.468. The highest BCUT2D eigenvalue weighted by Crippen LogP contribution is 1.93. The first-order valence-electron chi connectivity index (χ1n) is 2.88. The zero-order valence-corrected chi connectivity index (χ0v) is 5.87. The van der Waals surface area contributed by atoms with Gasteiger partial charge < -0.3 is 4.84 Å². The molecule has 1 radical (unpaired) electrons. The van der Waals surface area contributed by atoms with E-state index >= 15 is 0 Å². The number of hydrogen-bond acceptors (Lipinski definition) is 4. The number of nitrogens with zero attached hydrogens (tertiary/aromatic N) is 2. The van der Waals surface area contributed by atoms with Crippen LogP contribution in [0.15, 0.2) is 17.4 Å². The summed E-state index contributed by atoms with van der Waals surface area (Å²) < 4.78 is 0. The number of aromatic nitrogens is 2. The van der Waals surface area contributed by atoms with Gasteiger partial charge in [0.2, 0.25) is 0 Å². The molecule has 0 aliphatic carbocycles. The van der Waals surface area contributed by atoms with Crippen molar-refractivity contribution in [3.05, 3.63) is 18.0 Å². The zero-order chi connectivity index (χ0) is 8.10. The first kappa shape index (κ1) is 7.46. The Morgan fingerprint density at radius 3 is 3.18 bits per heavy atom. The quantitative estimate of drug-likeness (QED) is 0.484. The molecule has 0 saturated heterocycles. The summed E-state index contributed by atoms with van der Waals surface area (Å²) in [5.74, 6) is 0. The molecule has 1 heterocycles. The SMILES string of the molecule is CO/N=C(\[C]=O)c1cc[nH]n1. The predicted molar refractivity (Wildman–Crippen MR) is 37.8 cm³/mol. The molecular formula is C6H6N3O2. The van der Waals surface area contributed by atoms with Crippen molar-refractivity contribution in [3.63, 3.8) is 0 Å². The smallest absolute Gasteiger partial charge is 0.259 e. The molecule has 11 heavy (non-hydrogen) atoms. The third-order valence-corrected chi connectivity index (χ3v) is 1.02. The number of oxime groups is 1. The lowest BCUT2D eigenvalue weighted by Crippen LogP contribution is -2.03. The van der Waals surface area contributed by atoms with Gasteiger partial charge in [-0.25, -0.2) is 0 Å². The van der Waals surface area contributed by atoms with Gasteiger partial charge in [-0.05, 0) is 6.07 Å². The minimum atomic E-state index is 0.0498. The number of hydrogen-bond donors (Lipinski definition) is 1. The minimum absolute atomic E-state index is 0.0498. The number of aromatic amines is 1. The highest BCUT2D eigenvalue weighted by molar-refractivity contribution is 6.35. The Morgan fingerprint density at radius 1 is 1.91 bits per heavy atom. The summed E-state index contributed by atoms with van der Waals surface area (Å²) in [6.45, 7) is 0. The summed E-state index contributed by atoms with van der Waals surface area (Å²) in [5, 5.41) is 9.64. The maximum absolute atomic E-state index is 10.2. The average Bonchev–Trinajstić information content (AvgIpc) is 2.52. The lowest BCUT2D eigenvalue weighted by atomic mass is 10.3. The summed E-state index contributed by atoms with van der Waals surface area (Å²) in [6.07, 6.45) is 3.18. The highest BCUT2D eigenvalue weighted by atomic mass is 16.6. The van der Waals surface area contributed by atoms with Gasteiger partial charge in [0.1, 0.15) is 12.8 Å². The van der Waals surface area contributed by atoms with Crippen LogP contribution < -0.4 is 0 Å². The second kappa shape index (κ2) is 3.50. The molecule has 0 aliphatic heterocycles. The lowest BCUT2D eigenvalue weighted by Gasteiger charge is -1.88. The molecule has 1 rings (SSSR count). The van der Waals surface area contributed by atoms with E-state index in [0.29, 0.717) is 5.69 Å². The Hall–Kier alpha value is -1.65. The van der Waals surface area contributed by atoms with Gasteiger partial charge in [-0.15, -0.1) is 0 Å². The van der Waals surface area contributed by atoms with E-state index in [1.165, 1.54) is 7.11 Å². The van der Waals surface area contributed by atoms with Crippen LogP contribution in [0.3, 0.4) is 0 Å². The van der Waals surface area contributed by atoms with Crippen LogP contribution in [0.2, 0.25) is 0 Å². The fraction of sp³-hybridized carbons (Fsp3) is 0.167. The molecule has 0 fully saturated rings. The molecule has 0 amide bonds. The average molecular weight is 152 g/mol. The third-order valence-electron chi connectivity index (χ3n) is 1.02. The van der Waals surface area contributed by atoms with Crippen molar-refractivity contribution in [2.75, 3.05) is 7.11 Å². The summed E-state index contributed by atoms with van der Waals surface area (Å²) in [7, 11) is 1.35. The molecule has 5 nitrogen and oxygen atoms in total. The molecule has 1 aromatic heterocycles. The fourth-order valence-corrected chi connectivity index (χ4v) is 0.601.